The third-order valence-corrected chi connectivity index (χ3v) is 15.4. The first-order chi connectivity index (χ1) is 42.4. The van der Waals surface area contributed by atoms with E-state index in [1.807, 2.05) is 54.6 Å². The normalized spacial score (nSPS) is 10.9. The number of ether oxygens (including phenoxy) is 1. The molecule has 438 valence electrons. The predicted octanol–water partition coefficient (Wildman–Crippen LogP) is 24.0. The van der Waals surface area contributed by atoms with Gasteiger partial charge < -0.3 is 4.74 Å². The first-order valence-corrected chi connectivity index (χ1v) is 30.7. The Balaban J connectivity index is 0.000000145. The zero-order chi connectivity index (χ0) is 61.6. The number of benzene rings is 13. The highest BCUT2D eigenvalue weighted by Gasteiger charge is 2.34. The third kappa shape index (κ3) is 19.8. The minimum Gasteiger partial charge on any atom is -0.497 e. The van der Waals surface area contributed by atoms with Crippen LogP contribution in [0.3, 0.4) is 0 Å². The van der Waals surface area contributed by atoms with Crippen LogP contribution in [0.4, 0.5) is 0 Å². The highest BCUT2D eigenvalue weighted by Crippen LogP contribution is 2.48. The van der Waals surface area contributed by atoms with E-state index in [4.69, 9.17) is 4.74 Å². The van der Waals surface area contributed by atoms with E-state index in [1.165, 1.54) is 117 Å². The van der Waals surface area contributed by atoms with E-state index >= 15 is 0 Å². The maximum Gasteiger partial charge on any atom is 0.118 e. The first-order valence-electron chi connectivity index (χ1n) is 30.7. The summed E-state index contributed by atoms with van der Waals surface area (Å²) in [5.74, 6) is 0.910. The minimum absolute atomic E-state index is 0.151. The van der Waals surface area contributed by atoms with Gasteiger partial charge >= 0.3 is 0 Å². The summed E-state index contributed by atoms with van der Waals surface area (Å²) in [4.78, 5) is 0. The van der Waals surface area contributed by atoms with Crippen molar-refractivity contribution in [1.82, 2.24) is 0 Å². The first kappa shape index (κ1) is 65.0. The van der Waals surface area contributed by atoms with Gasteiger partial charge in [0.25, 0.3) is 0 Å². The summed E-state index contributed by atoms with van der Waals surface area (Å²) >= 11 is 0. The van der Waals surface area contributed by atoms with E-state index in [0.717, 1.165) is 12.2 Å². The van der Waals surface area contributed by atoms with Crippen LogP contribution in [-0.2, 0) is 18.3 Å². The van der Waals surface area contributed by atoms with Crippen LogP contribution in [0.1, 0.15) is 84.2 Å². The molecule has 0 saturated heterocycles. The predicted molar refractivity (Wildman–Crippen MR) is 381 cm³/mol. The van der Waals surface area contributed by atoms with Crippen molar-refractivity contribution < 1.29 is 4.74 Å². The molecule has 1 aliphatic rings. The van der Waals surface area contributed by atoms with Crippen molar-refractivity contribution in [1.29, 1.82) is 0 Å². The Hall–Kier alpha value is -9.56. The van der Waals surface area contributed by atoms with Gasteiger partial charge in [0.15, 0.2) is 0 Å². The molecule has 0 aromatic heterocycles. The summed E-state index contributed by atoms with van der Waals surface area (Å²) in [7, 11) is 1.66. The lowest BCUT2D eigenvalue weighted by Gasteiger charge is -2.21. The molecule has 0 saturated carbocycles. The van der Waals surface area contributed by atoms with Crippen LogP contribution in [0.2, 0.25) is 0 Å². The van der Waals surface area contributed by atoms with Crippen molar-refractivity contribution >= 4 is 32.3 Å². The van der Waals surface area contributed by atoms with Crippen LogP contribution in [-0.4, -0.2) is 7.11 Å². The molecule has 0 amide bonds. The molecule has 0 heterocycles. The van der Waals surface area contributed by atoms with Crippen molar-refractivity contribution in [3.8, 4) is 28.0 Å². The summed E-state index contributed by atoms with van der Waals surface area (Å²) in [6.45, 7) is 19.7. The lowest BCUT2D eigenvalue weighted by molar-refractivity contribution is 0.415. The molecule has 1 heteroatoms. The molecule has 87 heavy (non-hydrogen) atoms. The van der Waals surface area contributed by atoms with E-state index in [9.17, 15) is 0 Å². The molecule has 0 aliphatic heterocycles. The van der Waals surface area contributed by atoms with Crippen LogP contribution < -0.4 is 4.74 Å². The van der Waals surface area contributed by atoms with Crippen LogP contribution >= 0.6 is 0 Å². The fraction of sp³-hybridized carbons (Fsp3) is 0.163. The van der Waals surface area contributed by atoms with E-state index < -0.39 is 0 Å². The van der Waals surface area contributed by atoms with Crippen molar-refractivity contribution in [2.24, 2.45) is 0 Å². The second-order valence-corrected chi connectivity index (χ2v) is 22.5. The maximum absolute atomic E-state index is 4.91. The number of methoxy groups -OCH3 is 1. The summed E-state index contributed by atoms with van der Waals surface area (Å²) in [5, 5.41) is 8.00. The Kier molecular flexibility index (Phi) is 25.7. The third-order valence-electron chi connectivity index (χ3n) is 15.4. The van der Waals surface area contributed by atoms with Gasteiger partial charge in [0.2, 0.25) is 0 Å². The van der Waals surface area contributed by atoms with Crippen LogP contribution in [0, 0.1) is 34.6 Å². The van der Waals surface area contributed by atoms with Gasteiger partial charge in [-0.05, 0) is 148 Å². The number of hydrogen-bond acceptors (Lipinski definition) is 1. The molecule has 0 N–H and O–H groups in total. The molecular weight excluding hydrogens is 1050 g/mol. The van der Waals surface area contributed by atoms with Crippen molar-refractivity contribution in [2.75, 3.05) is 7.11 Å². The Morgan fingerprint density at radius 3 is 1.34 bits per heavy atom. The smallest absolute Gasteiger partial charge is 0.118 e. The Morgan fingerprint density at radius 2 is 0.770 bits per heavy atom. The molecule has 13 aromatic rings. The second kappa shape index (κ2) is 34.4. The number of hydrogen-bond donors (Lipinski definition) is 0. The van der Waals surface area contributed by atoms with Crippen LogP contribution in [0.25, 0.3) is 54.6 Å². The van der Waals surface area contributed by atoms with Gasteiger partial charge in [-0.2, -0.15) is 0 Å². The topological polar surface area (TPSA) is 9.23 Å². The number of fused-ring (bicyclic) bond motifs is 6. The molecule has 0 atom stereocenters. The molecular formula is C86H88O. The van der Waals surface area contributed by atoms with Gasteiger partial charge in [-0.25, -0.2) is 0 Å². The van der Waals surface area contributed by atoms with E-state index in [2.05, 4.69) is 323 Å². The average molecular weight is 1140 g/mol. The summed E-state index contributed by atoms with van der Waals surface area (Å²) < 4.78 is 4.91. The van der Waals surface area contributed by atoms with Gasteiger partial charge in [0, 0.05) is 5.41 Å². The lowest BCUT2D eigenvalue weighted by atomic mass is 9.82. The van der Waals surface area contributed by atoms with Crippen LogP contribution in [0.15, 0.2) is 315 Å². The Labute approximate surface area is 521 Å². The van der Waals surface area contributed by atoms with E-state index in [-0.39, 0.29) is 5.41 Å². The fourth-order valence-electron chi connectivity index (χ4n) is 10.6. The molecule has 0 radical (unpaired) electrons. The summed E-state index contributed by atoms with van der Waals surface area (Å²) in [5.41, 5.74) is 18.0. The average Bonchev–Trinajstić information content (AvgIpc) is 1.64. The molecule has 13 aromatic carbocycles. The molecule has 0 bridgehead atoms. The van der Waals surface area contributed by atoms with Crippen molar-refractivity contribution in [3.63, 3.8) is 0 Å². The molecule has 0 spiro atoms. The summed E-state index contributed by atoms with van der Waals surface area (Å²) in [6, 6.07) is 110. The van der Waals surface area contributed by atoms with Gasteiger partial charge in [-0.1, -0.05) is 354 Å². The Bertz CT molecular complexity index is 4020. The lowest BCUT2D eigenvalue weighted by Crippen LogP contribution is -2.14. The maximum atomic E-state index is 4.91. The number of rotatable bonds is 5. The highest BCUT2D eigenvalue weighted by atomic mass is 16.5. The largest absolute Gasteiger partial charge is 0.497 e. The fourth-order valence-corrected chi connectivity index (χ4v) is 10.6. The van der Waals surface area contributed by atoms with Gasteiger partial charge in [0.1, 0.15) is 5.75 Å². The molecule has 0 fully saturated rings. The molecule has 0 unspecified atom stereocenters. The standard InChI is InChI=1S/C17H14.C16H16.2C11H10.C9H12.C8H10.C7H8O.C7H8/c1-13-11-12-16(14-7-3-2-4-8-14)17-10-6-5-9-15(13)17;1-11-8-9-13-12-6-4-5-7-14(12)16(2,3)15(13)10-11;1-9-5-4-7-10-6-2-3-8-11(9)10;1-9-6-7-10-4-2-3-5-11(10)8-9;1-2-6-9-7-4-3-5-8-9;1-2-8-6-4-3-5-7-8;1-8-7-5-3-2-4-6-7;1-7-5-3-2-4-6-7/h2-12H,1H3;4-10H,1-3H3;2*2-8H,1H3;3-5,7-8H,2,6H2,1H3;3-7H,2H2,1H3;2-6H,1H3;2-6H,1H3. The van der Waals surface area contributed by atoms with Crippen molar-refractivity contribution in [2.45, 2.75) is 87.0 Å². The van der Waals surface area contributed by atoms with Crippen molar-refractivity contribution in [3.05, 3.63) is 366 Å². The molecule has 14 rings (SSSR count). The van der Waals surface area contributed by atoms with Gasteiger partial charge in [-0.3, -0.25) is 0 Å². The van der Waals surface area contributed by atoms with E-state index in [1.54, 1.807) is 7.11 Å². The zero-order valence-electron chi connectivity index (χ0n) is 53.1. The van der Waals surface area contributed by atoms with Gasteiger partial charge in [-0.15, -0.1) is 0 Å². The summed E-state index contributed by atoms with van der Waals surface area (Å²) in [6.07, 6.45) is 3.59. The number of para-hydroxylation sites is 1. The highest BCUT2D eigenvalue weighted by molar-refractivity contribution is 5.98. The second-order valence-electron chi connectivity index (χ2n) is 22.5. The number of aryl methyl sites for hydroxylation is 7. The molecule has 1 nitrogen and oxygen atoms in total. The van der Waals surface area contributed by atoms with E-state index in [0.29, 0.717) is 0 Å². The monoisotopic (exact) mass is 1140 g/mol. The van der Waals surface area contributed by atoms with Gasteiger partial charge in [0.05, 0.1) is 7.11 Å². The van der Waals surface area contributed by atoms with Crippen LogP contribution in [0.5, 0.6) is 5.75 Å². The quantitative estimate of drug-likeness (QED) is 0.167. The molecule has 1 aliphatic carbocycles. The SMILES string of the molecule is CCCc1ccccc1.CCc1ccccc1.COc1ccccc1.Cc1ccc(-c2ccccc2)c2ccccc12.Cc1ccc2c(c1)C(C)(C)c1ccccc1-2.Cc1ccc2ccccc2c1.Cc1cccc2ccccc12.Cc1ccccc1. The zero-order valence-corrected chi connectivity index (χ0v) is 53.1. The Morgan fingerprint density at radius 1 is 0.310 bits per heavy atom. The minimum atomic E-state index is 0.151.